The lowest BCUT2D eigenvalue weighted by Crippen LogP contribution is -2.31. The number of pyridine rings is 1. The van der Waals surface area contributed by atoms with E-state index in [1.54, 1.807) is 19.2 Å². The van der Waals surface area contributed by atoms with E-state index in [0.717, 1.165) is 16.5 Å². The summed E-state index contributed by atoms with van der Waals surface area (Å²) in [6.07, 6.45) is 0. The Morgan fingerprint density at radius 1 is 1.17 bits per heavy atom. The van der Waals surface area contributed by atoms with E-state index in [0.29, 0.717) is 17.0 Å². The quantitative estimate of drug-likeness (QED) is 0.575. The third-order valence-corrected chi connectivity index (χ3v) is 4.78. The summed E-state index contributed by atoms with van der Waals surface area (Å²) in [6.45, 7) is 2.02. The summed E-state index contributed by atoms with van der Waals surface area (Å²) in [6, 6.07) is 16.7. The molecule has 0 saturated carbocycles. The number of carbonyl (C=O) groups is 1. The van der Waals surface area contributed by atoms with Gasteiger partial charge in [-0.15, -0.1) is 0 Å². The van der Waals surface area contributed by atoms with Crippen LogP contribution in [0.3, 0.4) is 0 Å². The first-order chi connectivity index (χ1) is 13.9. The molecule has 29 heavy (non-hydrogen) atoms. The summed E-state index contributed by atoms with van der Waals surface area (Å²) in [5.41, 5.74) is 8.97. The molecule has 4 aromatic rings. The molecular weight excluding hydrogens is 370 g/mol. The fourth-order valence-corrected chi connectivity index (χ4v) is 3.09. The molecule has 1 amide bonds. The van der Waals surface area contributed by atoms with Gasteiger partial charge in [-0.2, -0.15) is 0 Å². The Bertz CT molecular complexity index is 1260. The summed E-state index contributed by atoms with van der Waals surface area (Å²) < 4.78 is 5.98. The van der Waals surface area contributed by atoms with Crippen LogP contribution < -0.4 is 16.4 Å². The Kier molecular flexibility index (Phi) is 4.59. The SMILES string of the molecule is Cc1cc2ccc(Cn3c(C(=O)N(C)c4ccccc4)noc3=O)cc2nc1N. The Balaban J connectivity index is 1.67. The smallest absolute Gasteiger partial charge is 0.383 e. The minimum atomic E-state index is -0.703. The molecule has 2 aromatic carbocycles. The van der Waals surface area contributed by atoms with Crippen molar-refractivity contribution in [1.82, 2.24) is 14.7 Å². The van der Waals surface area contributed by atoms with Crippen molar-refractivity contribution in [2.45, 2.75) is 13.5 Å². The molecular formula is C21H19N5O3. The molecule has 0 aliphatic heterocycles. The highest BCUT2D eigenvalue weighted by Crippen LogP contribution is 2.20. The molecule has 0 bridgehead atoms. The van der Waals surface area contributed by atoms with Crippen LogP contribution in [0, 0.1) is 6.92 Å². The van der Waals surface area contributed by atoms with Gasteiger partial charge in [0.2, 0.25) is 5.82 Å². The molecule has 0 spiro atoms. The van der Waals surface area contributed by atoms with Crippen molar-refractivity contribution in [2.75, 3.05) is 17.7 Å². The lowest BCUT2D eigenvalue weighted by atomic mass is 10.1. The van der Waals surface area contributed by atoms with Crippen LogP contribution in [0.25, 0.3) is 10.9 Å². The van der Waals surface area contributed by atoms with Crippen molar-refractivity contribution >= 4 is 28.3 Å². The van der Waals surface area contributed by atoms with E-state index in [2.05, 4.69) is 10.1 Å². The van der Waals surface area contributed by atoms with Gasteiger partial charge in [0.1, 0.15) is 5.82 Å². The standard InChI is InChI=1S/C21H19N5O3/c1-13-10-15-9-8-14(11-17(15)23-18(13)22)12-26-19(24-29-21(26)28)20(27)25(2)16-6-4-3-5-7-16/h3-11H,12H2,1-2H3,(H2,22,23). The monoisotopic (exact) mass is 389 g/mol. The van der Waals surface area contributed by atoms with Crippen LogP contribution in [-0.2, 0) is 6.54 Å². The Morgan fingerprint density at radius 3 is 2.69 bits per heavy atom. The molecule has 2 aromatic heterocycles. The number of rotatable bonds is 4. The van der Waals surface area contributed by atoms with Gasteiger partial charge in [-0.1, -0.05) is 30.3 Å². The zero-order valence-electron chi connectivity index (χ0n) is 16.0. The zero-order chi connectivity index (χ0) is 20.5. The molecule has 2 N–H and O–H groups in total. The van der Waals surface area contributed by atoms with Gasteiger partial charge in [-0.05, 0) is 47.5 Å². The predicted octanol–water partition coefficient (Wildman–Crippen LogP) is 2.60. The van der Waals surface area contributed by atoms with Gasteiger partial charge < -0.3 is 10.6 Å². The number of nitrogens with two attached hydrogens (primary N) is 1. The predicted molar refractivity (Wildman–Crippen MR) is 110 cm³/mol. The molecule has 8 nitrogen and oxygen atoms in total. The summed E-state index contributed by atoms with van der Waals surface area (Å²) in [5.74, 6) is -0.762. The second-order valence-corrected chi connectivity index (χ2v) is 6.78. The summed E-state index contributed by atoms with van der Waals surface area (Å²) >= 11 is 0. The van der Waals surface area contributed by atoms with Gasteiger partial charge in [0.25, 0.3) is 5.91 Å². The zero-order valence-corrected chi connectivity index (χ0v) is 16.0. The Morgan fingerprint density at radius 2 is 1.93 bits per heavy atom. The van der Waals surface area contributed by atoms with Crippen molar-refractivity contribution in [3.05, 3.63) is 82.1 Å². The number of carbonyl (C=O) groups excluding carboxylic acids is 1. The number of hydrogen-bond acceptors (Lipinski definition) is 6. The minimum Gasteiger partial charge on any atom is -0.383 e. The van der Waals surface area contributed by atoms with E-state index in [1.165, 1.54) is 9.47 Å². The number of hydrogen-bond donors (Lipinski definition) is 1. The number of anilines is 2. The highest BCUT2D eigenvalue weighted by Gasteiger charge is 2.23. The van der Waals surface area contributed by atoms with Crippen LogP contribution in [-0.4, -0.2) is 27.7 Å². The lowest BCUT2D eigenvalue weighted by Gasteiger charge is -2.16. The lowest BCUT2D eigenvalue weighted by molar-refractivity contribution is 0.0976. The highest BCUT2D eigenvalue weighted by molar-refractivity contribution is 6.03. The normalized spacial score (nSPS) is 11.0. The third-order valence-electron chi connectivity index (χ3n) is 4.78. The van der Waals surface area contributed by atoms with Gasteiger partial charge in [0.05, 0.1) is 12.1 Å². The summed E-state index contributed by atoms with van der Waals surface area (Å²) in [5, 5.41) is 4.64. The van der Waals surface area contributed by atoms with E-state index < -0.39 is 11.7 Å². The minimum absolute atomic E-state index is 0.0715. The van der Waals surface area contributed by atoms with Gasteiger partial charge in [-0.25, -0.2) is 14.3 Å². The fourth-order valence-electron chi connectivity index (χ4n) is 3.09. The molecule has 0 fully saturated rings. The second-order valence-electron chi connectivity index (χ2n) is 6.78. The number of fused-ring (bicyclic) bond motifs is 1. The van der Waals surface area contributed by atoms with Crippen LogP contribution in [0.4, 0.5) is 11.5 Å². The van der Waals surface area contributed by atoms with Crippen molar-refractivity contribution in [3.8, 4) is 0 Å². The molecule has 146 valence electrons. The van der Waals surface area contributed by atoms with Crippen molar-refractivity contribution in [3.63, 3.8) is 0 Å². The third kappa shape index (κ3) is 3.47. The second kappa shape index (κ2) is 7.23. The number of benzene rings is 2. The molecule has 8 heteroatoms. The molecule has 4 rings (SSSR count). The van der Waals surface area contributed by atoms with E-state index in [1.807, 2.05) is 49.4 Å². The average Bonchev–Trinajstić information content (AvgIpc) is 3.09. The maximum atomic E-state index is 12.9. The highest BCUT2D eigenvalue weighted by atomic mass is 16.5. The van der Waals surface area contributed by atoms with Crippen molar-refractivity contribution in [2.24, 2.45) is 0 Å². The Hall–Kier alpha value is -3.94. The number of para-hydroxylation sites is 1. The Labute approximate surface area is 166 Å². The van der Waals surface area contributed by atoms with E-state index >= 15 is 0 Å². The average molecular weight is 389 g/mol. The van der Waals surface area contributed by atoms with Crippen LogP contribution in [0.1, 0.15) is 21.7 Å². The molecule has 0 atom stereocenters. The molecule has 0 radical (unpaired) electrons. The first-order valence-corrected chi connectivity index (χ1v) is 8.99. The maximum absolute atomic E-state index is 12.9. The number of amides is 1. The van der Waals surface area contributed by atoms with Gasteiger partial charge in [0, 0.05) is 18.1 Å². The number of aryl methyl sites for hydroxylation is 1. The topological polar surface area (TPSA) is 107 Å². The number of aromatic nitrogens is 3. The first-order valence-electron chi connectivity index (χ1n) is 8.99. The molecule has 0 unspecified atom stereocenters. The van der Waals surface area contributed by atoms with Crippen LogP contribution in [0.2, 0.25) is 0 Å². The molecule has 0 saturated heterocycles. The molecule has 2 heterocycles. The van der Waals surface area contributed by atoms with Gasteiger partial charge in [-0.3, -0.25) is 9.32 Å². The van der Waals surface area contributed by atoms with Crippen LogP contribution >= 0.6 is 0 Å². The number of nitrogen functional groups attached to an aromatic ring is 1. The van der Waals surface area contributed by atoms with E-state index in [9.17, 15) is 9.59 Å². The van der Waals surface area contributed by atoms with Gasteiger partial charge >= 0.3 is 5.76 Å². The fraction of sp³-hybridized carbons (Fsp3) is 0.143. The van der Waals surface area contributed by atoms with Crippen LogP contribution in [0.5, 0.6) is 0 Å². The van der Waals surface area contributed by atoms with E-state index in [-0.39, 0.29) is 12.4 Å². The molecule has 0 aliphatic rings. The van der Waals surface area contributed by atoms with Crippen LogP contribution in [0.15, 0.2) is 63.9 Å². The summed E-state index contributed by atoms with van der Waals surface area (Å²) in [7, 11) is 1.62. The van der Waals surface area contributed by atoms with Gasteiger partial charge in [0.15, 0.2) is 0 Å². The first kappa shape index (κ1) is 18.4. The number of nitrogens with zero attached hydrogens (tertiary/aromatic N) is 4. The van der Waals surface area contributed by atoms with Crippen molar-refractivity contribution < 1.29 is 9.32 Å². The maximum Gasteiger partial charge on any atom is 0.442 e. The molecule has 0 aliphatic carbocycles. The van der Waals surface area contributed by atoms with E-state index in [4.69, 9.17) is 10.3 Å². The van der Waals surface area contributed by atoms with Crippen molar-refractivity contribution in [1.29, 1.82) is 0 Å². The largest absolute Gasteiger partial charge is 0.442 e. The summed E-state index contributed by atoms with van der Waals surface area (Å²) in [4.78, 5) is 30.9.